The lowest BCUT2D eigenvalue weighted by molar-refractivity contribution is -0.141. The number of carboxylic acid groups (broad SMARTS) is 1. The van der Waals surface area contributed by atoms with Gasteiger partial charge in [0, 0.05) is 23.2 Å². The molecule has 0 amide bonds. The van der Waals surface area contributed by atoms with Gasteiger partial charge in [0.2, 0.25) is 0 Å². The van der Waals surface area contributed by atoms with Gasteiger partial charge in [0.05, 0.1) is 13.0 Å². The van der Waals surface area contributed by atoms with Crippen LogP contribution in [0.25, 0.3) is 0 Å². The highest BCUT2D eigenvalue weighted by Crippen LogP contribution is 2.34. The molecule has 1 saturated heterocycles. The zero-order chi connectivity index (χ0) is 12.4. The predicted molar refractivity (Wildman–Crippen MR) is 64.5 cm³/mol. The van der Waals surface area contributed by atoms with Crippen molar-refractivity contribution < 1.29 is 14.6 Å². The Bertz CT molecular complexity index is 436. The first-order valence-electron chi connectivity index (χ1n) is 5.41. The average Bonchev–Trinajstić information content (AvgIpc) is 2.78. The van der Waals surface area contributed by atoms with Crippen molar-refractivity contribution >= 4 is 17.6 Å². The van der Waals surface area contributed by atoms with Crippen molar-refractivity contribution in [3.63, 3.8) is 0 Å². The van der Waals surface area contributed by atoms with Gasteiger partial charge < -0.3 is 15.2 Å². The largest absolute Gasteiger partial charge is 0.496 e. The lowest BCUT2D eigenvalue weighted by Gasteiger charge is -2.15. The molecule has 2 atom stereocenters. The minimum absolute atomic E-state index is 0.00949. The number of hydrogen-bond donors (Lipinski definition) is 2. The molecule has 1 aliphatic rings. The number of benzene rings is 1. The second-order valence-electron chi connectivity index (χ2n) is 4.12. The second-order valence-corrected chi connectivity index (χ2v) is 4.55. The Labute approximate surface area is 105 Å². The topological polar surface area (TPSA) is 58.6 Å². The number of rotatable bonds is 3. The fourth-order valence-electron chi connectivity index (χ4n) is 2.14. The zero-order valence-corrected chi connectivity index (χ0v) is 10.2. The molecule has 0 spiro atoms. The quantitative estimate of drug-likeness (QED) is 0.868. The molecule has 4 nitrogen and oxygen atoms in total. The highest BCUT2D eigenvalue weighted by Gasteiger charge is 2.31. The fourth-order valence-corrected chi connectivity index (χ4v) is 2.32. The predicted octanol–water partition coefficient (Wildman–Crippen LogP) is 2.08. The molecule has 2 unspecified atom stereocenters. The first-order chi connectivity index (χ1) is 8.11. The summed E-state index contributed by atoms with van der Waals surface area (Å²) in [6.07, 6.45) is 0.562. The molecule has 0 radical (unpaired) electrons. The molecule has 1 fully saturated rings. The molecule has 1 heterocycles. The summed E-state index contributed by atoms with van der Waals surface area (Å²) in [5.74, 6) is -0.373. The molecule has 92 valence electrons. The Kier molecular flexibility index (Phi) is 3.54. The van der Waals surface area contributed by atoms with Crippen LogP contribution in [0.1, 0.15) is 18.0 Å². The van der Waals surface area contributed by atoms with Gasteiger partial charge in [-0.15, -0.1) is 0 Å². The molecule has 0 saturated carbocycles. The summed E-state index contributed by atoms with van der Waals surface area (Å²) < 4.78 is 5.26. The van der Waals surface area contributed by atoms with E-state index < -0.39 is 5.97 Å². The Morgan fingerprint density at radius 3 is 2.94 bits per heavy atom. The fraction of sp³-hybridized carbons (Fsp3) is 0.417. The van der Waals surface area contributed by atoms with Crippen LogP contribution < -0.4 is 10.1 Å². The van der Waals surface area contributed by atoms with Gasteiger partial charge in [-0.25, -0.2) is 0 Å². The summed E-state index contributed by atoms with van der Waals surface area (Å²) in [6, 6.07) is 5.37. The van der Waals surface area contributed by atoms with Crippen molar-refractivity contribution in [2.75, 3.05) is 13.7 Å². The van der Waals surface area contributed by atoms with Crippen LogP contribution in [0.3, 0.4) is 0 Å². The van der Waals surface area contributed by atoms with E-state index in [0.29, 0.717) is 18.0 Å². The number of hydrogen-bond acceptors (Lipinski definition) is 3. The van der Waals surface area contributed by atoms with Crippen LogP contribution in [0, 0.1) is 5.92 Å². The van der Waals surface area contributed by atoms with Gasteiger partial charge in [-0.1, -0.05) is 11.6 Å². The second kappa shape index (κ2) is 4.94. The van der Waals surface area contributed by atoms with Gasteiger partial charge in [-0.3, -0.25) is 4.79 Å². The molecule has 1 aromatic carbocycles. The molecule has 0 aliphatic carbocycles. The van der Waals surface area contributed by atoms with Crippen molar-refractivity contribution in [2.24, 2.45) is 5.92 Å². The maximum atomic E-state index is 10.9. The lowest BCUT2D eigenvalue weighted by Crippen LogP contribution is -2.17. The first-order valence-corrected chi connectivity index (χ1v) is 5.79. The molecular weight excluding hydrogens is 242 g/mol. The number of ether oxygens (including phenoxy) is 1. The zero-order valence-electron chi connectivity index (χ0n) is 9.44. The van der Waals surface area contributed by atoms with E-state index in [9.17, 15) is 4.79 Å². The molecular formula is C12H14ClNO3. The number of methoxy groups -OCH3 is 1. The van der Waals surface area contributed by atoms with Crippen molar-refractivity contribution in [3.8, 4) is 5.75 Å². The van der Waals surface area contributed by atoms with E-state index in [1.165, 1.54) is 0 Å². The van der Waals surface area contributed by atoms with Gasteiger partial charge in [0.25, 0.3) is 0 Å². The molecule has 17 heavy (non-hydrogen) atoms. The van der Waals surface area contributed by atoms with Gasteiger partial charge >= 0.3 is 5.97 Å². The number of halogens is 1. The average molecular weight is 256 g/mol. The van der Waals surface area contributed by atoms with E-state index in [2.05, 4.69) is 5.32 Å². The van der Waals surface area contributed by atoms with E-state index >= 15 is 0 Å². The first kappa shape index (κ1) is 12.2. The van der Waals surface area contributed by atoms with Crippen LogP contribution in [0.4, 0.5) is 0 Å². The molecule has 1 aliphatic heterocycles. The van der Waals surface area contributed by atoms with E-state index in [4.69, 9.17) is 21.4 Å². The standard InChI is InChI=1S/C12H14ClNO3/c1-17-11-3-2-8(13)5-9(11)10-4-7(6-14-10)12(15)16/h2-3,5,7,10,14H,4,6H2,1H3,(H,15,16). The highest BCUT2D eigenvalue weighted by molar-refractivity contribution is 6.30. The normalized spacial score (nSPS) is 23.6. The van der Waals surface area contributed by atoms with Gasteiger partial charge in [-0.2, -0.15) is 0 Å². The van der Waals surface area contributed by atoms with Crippen molar-refractivity contribution in [3.05, 3.63) is 28.8 Å². The van der Waals surface area contributed by atoms with Gasteiger partial charge in [0.1, 0.15) is 5.75 Å². The summed E-state index contributed by atoms with van der Waals surface area (Å²) in [5.41, 5.74) is 0.920. The molecule has 2 rings (SSSR count). The Balaban J connectivity index is 2.23. The number of aliphatic carboxylic acids is 1. The van der Waals surface area contributed by atoms with Crippen LogP contribution in [-0.2, 0) is 4.79 Å². The van der Waals surface area contributed by atoms with E-state index in [-0.39, 0.29) is 12.0 Å². The molecule has 2 N–H and O–H groups in total. The van der Waals surface area contributed by atoms with Crippen molar-refractivity contribution in [1.82, 2.24) is 5.32 Å². The number of nitrogens with one attached hydrogen (secondary N) is 1. The van der Waals surface area contributed by atoms with E-state index in [1.807, 2.05) is 6.07 Å². The molecule has 0 bridgehead atoms. The van der Waals surface area contributed by atoms with Crippen LogP contribution in [0.15, 0.2) is 18.2 Å². The van der Waals surface area contributed by atoms with Crippen LogP contribution in [0.5, 0.6) is 5.75 Å². The third kappa shape index (κ3) is 2.53. The Morgan fingerprint density at radius 2 is 2.35 bits per heavy atom. The monoisotopic (exact) mass is 255 g/mol. The summed E-state index contributed by atoms with van der Waals surface area (Å²) in [5, 5.41) is 12.8. The molecule has 0 aromatic heterocycles. The number of carbonyl (C=O) groups is 1. The van der Waals surface area contributed by atoms with Crippen LogP contribution in [-0.4, -0.2) is 24.7 Å². The van der Waals surface area contributed by atoms with Crippen molar-refractivity contribution in [1.29, 1.82) is 0 Å². The molecule has 5 heteroatoms. The smallest absolute Gasteiger partial charge is 0.307 e. The van der Waals surface area contributed by atoms with Crippen LogP contribution in [0.2, 0.25) is 5.02 Å². The molecule has 1 aromatic rings. The SMILES string of the molecule is COc1ccc(Cl)cc1C1CC(C(=O)O)CN1. The summed E-state index contributed by atoms with van der Waals surface area (Å²) in [4.78, 5) is 10.9. The maximum absolute atomic E-state index is 10.9. The summed E-state index contributed by atoms with van der Waals surface area (Å²) in [6.45, 7) is 0.482. The minimum atomic E-state index is -0.763. The van der Waals surface area contributed by atoms with Crippen molar-refractivity contribution in [2.45, 2.75) is 12.5 Å². The van der Waals surface area contributed by atoms with Gasteiger partial charge in [0.15, 0.2) is 0 Å². The van der Waals surface area contributed by atoms with Crippen LogP contribution >= 0.6 is 11.6 Å². The Morgan fingerprint density at radius 1 is 1.59 bits per heavy atom. The van der Waals surface area contributed by atoms with E-state index in [0.717, 1.165) is 11.3 Å². The minimum Gasteiger partial charge on any atom is -0.496 e. The maximum Gasteiger partial charge on any atom is 0.307 e. The lowest BCUT2D eigenvalue weighted by atomic mass is 9.99. The van der Waals surface area contributed by atoms with Gasteiger partial charge in [-0.05, 0) is 24.6 Å². The van der Waals surface area contributed by atoms with E-state index in [1.54, 1.807) is 19.2 Å². The number of carboxylic acids is 1. The summed E-state index contributed by atoms with van der Waals surface area (Å²) in [7, 11) is 1.59. The Hall–Kier alpha value is -1.26. The summed E-state index contributed by atoms with van der Waals surface area (Å²) >= 11 is 5.95. The highest BCUT2D eigenvalue weighted by atomic mass is 35.5. The third-order valence-corrected chi connectivity index (χ3v) is 3.28. The third-order valence-electron chi connectivity index (χ3n) is 3.05.